The van der Waals surface area contributed by atoms with Crippen LogP contribution in [0.2, 0.25) is 0 Å². The maximum Gasteiger partial charge on any atom is 0.191 e. The molecule has 0 radical (unpaired) electrons. The summed E-state index contributed by atoms with van der Waals surface area (Å²) < 4.78 is 5.36. The van der Waals surface area contributed by atoms with Crippen LogP contribution >= 0.6 is 24.0 Å². The van der Waals surface area contributed by atoms with Crippen LogP contribution in [0.25, 0.3) is 0 Å². The molecule has 0 saturated carbocycles. The number of aromatic nitrogens is 2. The van der Waals surface area contributed by atoms with Gasteiger partial charge in [0.05, 0.1) is 12.2 Å². The van der Waals surface area contributed by atoms with Crippen LogP contribution in [0.1, 0.15) is 43.7 Å². The number of rotatable bonds is 7. The van der Waals surface area contributed by atoms with E-state index in [1.807, 2.05) is 12.3 Å². The molecule has 0 amide bonds. The second kappa shape index (κ2) is 12.1. The summed E-state index contributed by atoms with van der Waals surface area (Å²) in [7, 11) is 1.76. The molecular weight excluding hydrogens is 493 g/mol. The minimum atomic E-state index is 0. The van der Waals surface area contributed by atoms with Crippen LogP contribution < -0.4 is 15.5 Å². The molecule has 1 aliphatic heterocycles. The molecule has 2 aromatic rings. The Kier molecular flexibility index (Phi) is 9.83. The molecule has 9 heteroatoms. The second-order valence-corrected chi connectivity index (χ2v) is 7.60. The molecule has 0 aromatic carbocycles. The fourth-order valence-corrected chi connectivity index (χ4v) is 3.26. The van der Waals surface area contributed by atoms with Crippen molar-refractivity contribution in [2.45, 2.75) is 39.8 Å². The number of pyridine rings is 1. The monoisotopic (exact) mass is 527 g/mol. The highest BCUT2D eigenvalue weighted by Gasteiger charge is 2.16. The lowest BCUT2D eigenvalue weighted by atomic mass is 10.1. The number of hydrogen-bond donors (Lipinski definition) is 2. The normalized spacial score (nSPS) is 15.2. The summed E-state index contributed by atoms with van der Waals surface area (Å²) in [6, 6.07) is 6.21. The maximum atomic E-state index is 5.36. The van der Waals surface area contributed by atoms with Crippen LogP contribution in [0.4, 0.5) is 5.82 Å². The van der Waals surface area contributed by atoms with Gasteiger partial charge in [-0.2, -0.15) is 0 Å². The molecule has 1 fully saturated rings. The van der Waals surface area contributed by atoms with Gasteiger partial charge in [0, 0.05) is 52.0 Å². The predicted octanol–water partition coefficient (Wildman–Crippen LogP) is 2.82. The summed E-state index contributed by atoms with van der Waals surface area (Å²) in [5, 5.41) is 10.6. The minimum Gasteiger partial charge on any atom is -0.359 e. The highest BCUT2D eigenvalue weighted by Crippen LogP contribution is 2.15. The van der Waals surface area contributed by atoms with Crippen LogP contribution in [0.5, 0.6) is 0 Å². The van der Waals surface area contributed by atoms with E-state index < -0.39 is 0 Å². The standard InChI is InChI=1S/C21H33N7O.HI/c1-5-27-8-10-28(11-9-27)20-7-6-17(13-23-20)14-24-21(22-4)25-15-18-12-19(16(2)3)26-29-18;/h6-7,12-13,16H,5,8-11,14-15H2,1-4H3,(H2,22,24,25);1H. The van der Waals surface area contributed by atoms with Gasteiger partial charge in [-0.25, -0.2) is 4.98 Å². The number of aliphatic imine (C=N–C) groups is 1. The zero-order valence-corrected chi connectivity index (χ0v) is 20.7. The number of anilines is 1. The molecular formula is C21H34IN7O. The first-order valence-corrected chi connectivity index (χ1v) is 10.4. The summed E-state index contributed by atoms with van der Waals surface area (Å²) in [6.07, 6.45) is 1.94. The van der Waals surface area contributed by atoms with Crippen LogP contribution in [0.15, 0.2) is 33.9 Å². The lowest BCUT2D eigenvalue weighted by Gasteiger charge is -2.34. The van der Waals surface area contributed by atoms with Crippen LogP contribution in [0.3, 0.4) is 0 Å². The van der Waals surface area contributed by atoms with Gasteiger partial charge in [0.25, 0.3) is 0 Å². The van der Waals surface area contributed by atoms with E-state index in [0.29, 0.717) is 25.0 Å². The molecule has 0 atom stereocenters. The first-order valence-electron chi connectivity index (χ1n) is 10.4. The van der Waals surface area contributed by atoms with E-state index >= 15 is 0 Å². The highest BCUT2D eigenvalue weighted by molar-refractivity contribution is 14.0. The number of halogens is 1. The smallest absolute Gasteiger partial charge is 0.191 e. The van der Waals surface area contributed by atoms with E-state index in [2.05, 4.69) is 68.5 Å². The largest absolute Gasteiger partial charge is 0.359 e. The minimum absolute atomic E-state index is 0. The highest BCUT2D eigenvalue weighted by atomic mass is 127. The lowest BCUT2D eigenvalue weighted by molar-refractivity contribution is 0.270. The van der Waals surface area contributed by atoms with E-state index in [1.165, 1.54) is 0 Å². The van der Waals surface area contributed by atoms with Gasteiger partial charge in [-0.05, 0) is 24.1 Å². The van der Waals surface area contributed by atoms with Crippen molar-refractivity contribution < 1.29 is 4.52 Å². The fourth-order valence-electron chi connectivity index (χ4n) is 3.26. The van der Waals surface area contributed by atoms with Crippen molar-refractivity contribution in [2.75, 3.05) is 44.7 Å². The molecule has 30 heavy (non-hydrogen) atoms. The molecule has 1 aliphatic rings. The van der Waals surface area contributed by atoms with Gasteiger partial charge in [-0.3, -0.25) is 4.99 Å². The topological polar surface area (TPSA) is 81.8 Å². The molecule has 2 N–H and O–H groups in total. The Morgan fingerprint density at radius 1 is 1.17 bits per heavy atom. The van der Waals surface area contributed by atoms with E-state index in [-0.39, 0.29) is 24.0 Å². The number of likely N-dealkylation sites (N-methyl/N-ethyl adjacent to an activating group) is 1. The van der Waals surface area contributed by atoms with Crippen molar-refractivity contribution in [3.8, 4) is 0 Å². The van der Waals surface area contributed by atoms with Crippen LogP contribution in [-0.4, -0.2) is 60.8 Å². The average molecular weight is 527 g/mol. The van der Waals surface area contributed by atoms with Crippen LogP contribution in [-0.2, 0) is 13.1 Å². The summed E-state index contributed by atoms with van der Waals surface area (Å²) in [5.41, 5.74) is 2.08. The molecule has 3 rings (SSSR count). The number of hydrogen-bond acceptors (Lipinski definition) is 6. The summed E-state index contributed by atoms with van der Waals surface area (Å²) in [6.45, 7) is 13.0. The molecule has 166 valence electrons. The Balaban J connectivity index is 0.00000320. The van der Waals surface area contributed by atoms with E-state index in [1.54, 1.807) is 7.05 Å². The van der Waals surface area contributed by atoms with Crippen molar-refractivity contribution in [1.29, 1.82) is 0 Å². The third kappa shape index (κ3) is 6.83. The lowest BCUT2D eigenvalue weighted by Crippen LogP contribution is -2.46. The van der Waals surface area contributed by atoms with Gasteiger partial charge >= 0.3 is 0 Å². The summed E-state index contributed by atoms with van der Waals surface area (Å²) in [4.78, 5) is 13.7. The molecule has 3 heterocycles. The van der Waals surface area contributed by atoms with Crippen molar-refractivity contribution >= 4 is 35.8 Å². The fraction of sp³-hybridized carbons (Fsp3) is 0.571. The maximum absolute atomic E-state index is 5.36. The zero-order valence-electron chi connectivity index (χ0n) is 18.4. The van der Waals surface area contributed by atoms with E-state index in [4.69, 9.17) is 4.52 Å². The van der Waals surface area contributed by atoms with Gasteiger partial charge < -0.3 is 25.0 Å². The quantitative estimate of drug-likeness (QED) is 0.326. The second-order valence-electron chi connectivity index (χ2n) is 7.60. The Labute approximate surface area is 196 Å². The van der Waals surface area contributed by atoms with Crippen molar-refractivity contribution in [3.05, 3.63) is 41.4 Å². The Morgan fingerprint density at radius 2 is 1.90 bits per heavy atom. The third-order valence-corrected chi connectivity index (χ3v) is 5.23. The first kappa shape index (κ1) is 24.4. The number of guanidine groups is 1. The first-order chi connectivity index (χ1) is 14.1. The van der Waals surface area contributed by atoms with Gasteiger partial charge in [0.2, 0.25) is 0 Å². The molecule has 8 nitrogen and oxygen atoms in total. The average Bonchev–Trinajstić information content (AvgIpc) is 3.24. The van der Waals surface area contributed by atoms with Crippen LogP contribution in [0, 0.1) is 0 Å². The SMILES string of the molecule is CCN1CCN(c2ccc(CNC(=NC)NCc3cc(C(C)C)no3)cn2)CC1.I. The molecule has 1 saturated heterocycles. The van der Waals surface area contributed by atoms with Gasteiger partial charge in [-0.15, -0.1) is 24.0 Å². The number of piperazine rings is 1. The van der Waals surface area contributed by atoms with Gasteiger partial charge in [-0.1, -0.05) is 32.0 Å². The van der Waals surface area contributed by atoms with Gasteiger partial charge in [0.1, 0.15) is 5.82 Å². The Morgan fingerprint density at radius 3 is 2.47 bits per heavy atom. The molecule has 0 spiro atoms. The van der Waals surface area contributed by atoms with Gasteiger partial charge in [0.15, 0.2) is 11.7 Å². The van der Waals surface area contributed by atoms with Crippen molar-refractivity contribution in [3.63, 3.8) is 0 Å². The summed E-state index contributed by atoms with van der Waals surface area (Å²) in [5.74, 6) is 2.92. The number of nitrogens with zero attached hydrogens (tertiary/aromatic N) is 5. The molecule has 0 aliphatic carbocycles. The number of nitrogens with one attached hydrogen (secondary N) is 2. The predicted molar refractivity (Wildman–Crippen MR) is 132 cm³/mol. The molecule has 2 aromatic heterocycles. The third-order valence-electron chi connectivity index (χ3n) is 5.23. The van der Waals surface area contributed by atoms with E-state index in [0.717, 1.165) is 55.6 Å². The molecule has 0 bridgehead atoms. The molecule has 0 unspecified atom stereocenters. The Hall–Kier alpha value is -1.88. The van der Waals surface area contributed by atoms with Crippen molar-refractivity contribution in [1.82, 2.24) is 25.7 Å². The summed E-state index contributed by atoms with van der Waals surface area (Å²) >= 11 is 0. The van der Waals surface area contributed by atoms with E-state index in [9.17, 15) is 0 Å². The Bertz CT molecular complexity index is 783. The van der Waals surface area contributed by atoms with Crippen molar-refractivity contribution in [2.24, 2.45) is 4.99 Å². The zero-order chi connectivity index (χ0) is 20.6.